The monoisotopic (exact) mass is 260 g/mol. The summed E-state index contributed by atoms with van der Waals surface area (Å²) in [5.74, 6) is -0.324. The average Bonchev–Trinajstić information content (AvgIpc) is 2.40. The molecule has 1 aromatic rings. The number of allylic oxidation sites excluding steroid dienone is 3. The van der Waals surface area contributed by atoms with Crippen molar-refractivity contribution in [2.75, 3.05) is 0 Å². The zero-order chi connectivity index (χ0) is 14.3. The molecule has 0 aliphatic heterocycles. The zero-order valence-electron chi connectivity index (χ0n) is 10.8. The number of aliphatic hydroxyl groups excluding tert-OH is 2. The molecule has 0 unspecified atom stereocenters. The third kappa shape index (κ3) is 4.31. The number of benzene rings is 1. The van der Waals surface area contributed by atoms with E-state index in [1.807, 2.05) is 0 Å². The molecule has 0 heterocycles. The van der Waals surface area contributed by atoms with E-state index < -0.39 is 0 Å². The van der Waals surface area contributed by atoms with Crippen LogP contribution in [-0.4, -0.2) is 27.7 Å². The summed E-state index contributed by atoms with van der Waals surface area (Å²) in [7, 11) is 0. The Labute approximate surface area is 111 Å². The van der Waals surface area contributed by atoms with Crippen molar-refractivity contribution in [2.45, 2.75) is 13.8 Å². The number of hydrogen-bond donors (Lipinski definition) is 3. The van der Waals surface area contributed by atoms with Crippen molar-refractivity contribution in [3.05, 3.63) is 53.0 Å². The topological polar surface area (TPSA) is 85.4 Å². The van der Waals surface area contributed by atoms with Crippen molar-refractivity contribution in [3.63, 3.8) is 0 Å². The van der Waals surface area contributed by atoms with Gasteiger partial charge in [-0.1, -0.05) is 18.2 Å². The molecule has 0 aromatic heterocycles. The van der Waals surface area contributed by atoms with Gasteiger partial charge >= 0.3 is 0 Å². The summed E-state index contributed by atoms with van der Waals surface area (Å²) in [6, 6.07) is 6.72. The minimum Gasteiger partial charge on any atom is -0.509 e. The lowest BCUT2D eigenvalue weighted by Crippen LogP contribution is -1.93. The summed E-state index contributed by atoms with van der Waals surface area (Å²) >= 11 is 0. The summed E-state index contributed by atoms with van der Waals surface area (Å²) in [6.07, 6.45) is 4.30. The van der Waals surface area contributed by atoms with Crippen molar-refractivity contribution < 1.29 is 15.3 Å². The van der Waals surface area contributed by atoms with Gasteiger partial charge in [-0.25, -0.2) is 0 Å². The number of phenolic OH excluding ortho intramolecular Hbond substituents is 1. The number of aromatic hydroxyl groups is 1. The van der Waals surface area contributed by atoms with E-state index in [1.54, 1.807) is 37.3 Å². The molecule has 0 bridgehead atoms. The first-order valence-electron chi connectivity index (χ1n) is 5.66. The molecule has 0 fully saturated rings. The third-order valence-corrected chi connectivity index (χ3v) is 2.32. The molecule has 0 saturated heterocycles. The van der Waals surface area contributed by atoms with E-state index >= 15 is 0 Å². The van der Waals surface area contributed by atoms with Crippen molar-refractivity contribution >= 4 is 12.4 Å². The van der Waals surface area contributed by atoms with Crippen LogP contribution in [0.5, 0.6) is 5.75 Å². The smallest absolute Gasteiger partial charge is 0.161 e. The number of rotatable bonds is 4. The highest BCUT2D eigenvalue weighted by molar-refractivity contribution is 5.86. The largest absolute Gasteiger partial charge is 0.509 e. The van der Waals surface area contributed by atoms with Gasteiger partial charge in [0.2, 0.25) is 0 Å². The Balaban J connectivity index is 2.79. The van der Waals surface area contributed by atoms with E-state index in [-0.39, 0.29) is 17.3 Å². The summed E-state index contributed by atoms with van der Waals surface area (Å²) in [4.78, 5) is 0. The number of nitrogens with zero attached hydrogens (tertiary/aromatic N) is 2. The van der Waals surface area contributed by atoms with Gasteiger partial charge in [-0.2, -0.15) is 10.2 Å². The fraction of sp³-hybridized carbons (Fsp3) is 0.143. The Morgan fingerprint density at radius 1 is 1.16 bits per heavy atom. The third-order valence-electron chi connectivity index (χ3n) is 2.32. The minimum absolute atomic E-state index is 0.113. The van der Waals surface area contributed by atoms with E-state index in [2.05, 4.69) is 10.2 Å². The molecule has 0 aliphatic rings. The molecule has 3 N–H and O–H groups in total. The molecule has 0 atom stereocenters. The van der Waals surface area contributed by atoms with Crippen LogP contribution < -0.4 is 0 Å². The standard InChI is InChI=1S/C14H16N2O3/c1-3-11(14(19)10(2)17)8-15-16-9-12-6-4-5-7-13(12)18/h3-9,17-19H,1-2H3/b11-3-,14-10-,15-8+,16-9+. The number of aliphatic hydroxyl groups is 2. The normalized spacial score (nSPS) is 14.1. The molecular weight excluding hydrogens is 244 g/mol. The first-order valence-corrected chi connectivity index (χ1v) is 5.66. The molecule has 0 saturated carbocycles. The lowest BCUT2D eigenvalue weighted by Gasteiger charge is -1.99. The van der Waals surface area contributed by atoms with E-state index in [9.17, 15) is 10.2 Å². The van der Waals surface area contributed by atoms with Crippen molar-refractivity contribution in [1.82, 2.24) is 0 Å². The van der Waals surface area contributed by atoms with Crippen LogP contribution in [0.2, 0.25) is 0 Å². The maximum Gasteiger partial charge on any atom is 0.161 e. The molecule has 5 heteroatoms. The number of phenols is 1. The van der Waals surface area contributed by atoms with Crippen molar-refractivity contribution in [3.8, 4) is 5.75 Å². The highest BCUT2D eigenvalue weighted by atomic mass is 16.3. The second-order valence-electron chi connectivity index (χ2n) is 3.73. The van der Waals surface area contributed by atoms with Gasteiger partial charge in [-0.05, 0) is 26.0 Å². The quantitative estimate of drug-likeness (QED) is 0.336. The predicted molar refractivity (Wildman–Crippen MR) is 75.9 cm³/mol. The Morgan fingerprint density at radius 3 is 2.42 bits per heavy atom. The van der Waals surface area contributed by atoms with Crippen LogP contribution >= 0.6 is 0 Å². The van der Waals surface area contributed by atoms with E-state index in [0.29, 0.717) is 11.1 Å². The maximum absolute atomic E-state index is 9.52. The van der Waals surface area contributed by atoms with Crippen LogP contribution in [0.3, 0.4) is 0 Å². The van der Waals surface area contributed by atoms with Gasteiger partial charge in [0.25, 0.3) is 0 Å². The number of hydrogen-bond acceptors (Lipinski definition) is 5. The summed E-state index contributed by atoms with van der Waals surface area (Å²) < 4.78 is 0. The molecule has 1 rings (SSSR count). The van der Waals surface area contributed by atoms with Crippen molar-refractivity contribution in [1.29, 1.82) is 0 Å². The SMILES string of the molecule is C/C=C(/C=N/N=C/c1ccccc1O)C(\O)=C(/C)O. The van der Waals surface area contributed by atoms with Gasteiger partial charge in [0, 0.05) is 11.1 Å². The Kier molecular flexibility index (Phi) is 5.35. The van der Waals surface area contributed by atoms with Crippen molar-refractivity contribution in [2.24, 2.45) is 10.2 Å². The Morgan fingerprint density at radius 2 is 1.84 bits per heavy atom. The highest BCUT2D eigenvalue weighted by Gasteiger charge is 2.02. The molecule has 0 aliphatic carbocycles. The van der Waals surface area contributed by atoms with Gasteiger partial charge in [0.05, 0.1) is 12.4 Å². The van der Waals surface area contributed by atoms with Gasteiger partial charge in [-0.15, -0.1) is 0 Å². The lowest BCUT2D eigenvalue weighted by atomic mass is 10.2. The molecular formula is C14H16N2O3. The molecule has 5 nitrogen and oxygen atoms in total. The van der Waals surface area contributed by atoms with E-state index in [0.717, 1.165) is 0 Å². The van der Waals surface area contributed by atoms with Crippen LogP contribution in [0.1, 0.15) is 19.4 Å². The fourth-order valence-electron chi connectivity index (χ4n) is 1.27. The first kappa shape index (κ1) is 14.5. The van der Waals surface area contributed by atoms with Gasteiger partial charge in [-0.3, -0.25) is 0 Å². The summed E-state index contributed by atoms with van der Waals surface area (Å²) in [6.45, 7) is 3.07. The second kappa shape index (κ2) is 7.00. The lowest BCUT2D eigenvalue weighted by molar-refractivity contribution is 0.337. The van der Waals surface area contributed by atoms with E-state index in [4.69, 9.17) is 5.11 Å². The predicted octanol–water partition coefficient (Wildman–Crippen LogP) is 3.09. The average molecular weight is 260 g/mol. The molecule has 0 spiro atoms. The molecule has 19 heavy (non-hydrogen) atoms. The van der Waals surface area contributed by atoms with Crippen LogP contribution in [0.4, 0.5) is 0 Å². The maximum atomic E-state index is 9.52. The molecule has 100 valence electrons. The summed E-state index contributed by atoms with van der Waals surface area (Å²) in [5.41, 5.74) is 0.897. The fourth-order valence-corrected chi connectivity index (χ4v) is 1.27. The second-order valence-corrected chi connectivity index (χ2v) is 3.73. The van der Waals surface area contributed by atoms with Crippen LogP contribution in [0.25, 0.3) is 0 Å². The summed E-state index contributed by atoms with van der Waals surface area (Å²) in [5, 5.41) is 35.7. The zero-order valence-corrected chi connectivity index (χ0v) is 10.8. The first-order chi connectivity index (χ1) is 9.06. The highest BCUT2D eigenvalue weighted by Crippen LogP contribution is 2.13. The van der Waals surface area contributed by atoms with Gasteiger partial charge in [0.15, 0.2) is 5.76 Å². The Bertz CT molecular complexity index is 554. The van der Waals surface area contributed by atoms with Gasteiger partial charge < -0.3 is 15.3 Å². The van der Waals surface area contributed by atoms with Gasteiger partial charge in [0.1, 0.15) is 11.5 Å². The minimum atomic E-state index is -0.246. The number of para-hydroxylation sites is 1. The molecule has 1 aromatic carbocycles. The van der Waals surface area contributed by atoms with Crippen LogP contribution in [0, 0.1) is 0 Å². The Hall–Kier alpha value is -2.56. The van der Waals surface area contributed by atoms with Crippen LogP contribution in [-0.2, 0) is 0 Å². The van der Waals surface area contributed by atoms with Crippen LogP contribution in [0.15, 0.2) is 57.6 Å². The molecule has 0 amide bonds. The molecule has 0 radical (unpaired) electrons. The van der Waals surface area contributed by atoms with E-state index in [1.165, 1.54) is 19.4 Å².